The van der Waals surface area contributed by atoms with Gasteiger partial charge < -0.3 is 24.0 Å². The Morgan fingerprint density at radius 1 is 0.933 bits per heavy atom. The van der Waals surface area contributed by atoms with Gasteiger partial charge in [0.1, 0.15) is 22.3 Å². The molecule has 4 aromatic rings. The van der Waals surface area contributed by atoms with Crippen LogP contribution in [-0.4, -0.2) is 68.1 Å². The highest BCUT2D eigenvalue weighted by molar-refractivity contribution is 7.87. The summed E-state index contributed by atoms with van der Waals surface area (Å²) in [5.41, 5.74) is 2.30. The number of ether oxygens (including phenoxy) is 1. The van der Waals surface area contributed by atoms with Crippen molar-refractivity contribution in [1.29, 1.82) is 0 Å². The second kappa shape index (κ2) is 13.2. The normalized spacial score (nSPS) is 14.6. The third kappa shape index (κ3) is 7.91. The van der Waals surface area contributed by atoms with Gasteiger partial charge in [-0.05, 0) is 69.2 Å². The van der Waals surface area contributed by atoms with Crippen LogP contribution in [0.1, 0.15) is 31.9 Å². The number of fused-ring (bicyclic) bond motifs is 1. The highest BCUT2D eigenvalue weighted by atomic mass is 32.2. The topological polar surface area (TPSA) is 118 Å². The molecule has 1 saturated heterocycles. The molecule has 3 aromatic carbocycles. The van der Waals surface area contributed by atoms with Crippen LogP contribution in [0, 0.1) is 6.92 Å². The number of hydrogen-bond acceptors (Lipinski definition) is 8. The maximum atomic E-state index is 13.8. The van der Waals surface area contributed by atoms with E-state index in [9.17, 15) is 18.0 Å². The number of pyridine rings is 1. The number of carbonyl (C=O) groups is 2. The van der Waals surface area contributed by atoms with Crippen molar-refractivity contribution in [1.82, 2.24) is 15.2 Å². The lowest BCUT2D eigenvalue weighted by Gasteiger charge is -2.38. The molecule has 1 fully saturated rings. The first kappa shape index (κ1) is 31.8. The third-order valence-electron chi connectivity index (χ3n) is 7.52. The number of nitrogens with zero attached hydrogens (tertiary/aromatic N) is 3. The molecule has 0 aliphatic carbocycles. The Morgan fingerprint density at radius 3 is 2.33 bits per heavy atom. The number of piperazine rings is 1. The number of nitrogens with one attached hydrogen (secondary N) is 1. The Labute approximate surface area is 264 Å². The van der Waals surface area contributed by atoms with Gasteiger partial charge in [0.2, 0.25) is 5.91 Å². The van der Waals surface area contributed by atoms with E-state index in [0.717, 1.165) is 5.69 Å². The summed E-state index contributed by atoms with van der Waals surface area (Å²) in [6, 6.07) is 20.3. The van der Waals surface area contributed by atoms with Crippen LogP contribution in [0.15, 0.2) is 90.1 Å². The molecule has 1 aromatic heterocycles. The van der Waals surface area contributed by atoms with E-state index in [0.29, 0.717) is 42.5 Å². The van der Waals surface area contributed by atoms with Gasteiger partial charge in [-0.1, -0.05) is 42.5 Å². The molecule has 0 spiro atoms. The maximum Gasteiger partial charge on any atom is 0.408 e. The van der Waals surface area contributed by atoms with Crippen LogP contribution in [-0.2, 0) is 26.1 Å². The number of hydrogen-bond donors (Lipinski definition) is 1. The SMILES string of the molecule is Cc1ccccc1N1CCN(C(=O)[C@H](Cc2ccc(OS(=O)(=O)c3cccc4cnccc34)cc2)NC(=O)OC(C)(C)C)CC1. The molecule has 0 saturated carbocycles. The monoisotopic (exact) mass is 630 g/mol. The largest absolute Gasteiger partial charge is 0.444 e. The van der Waals surface area contributed by atoms with Gasteiger partial charge in [0.05, 0.1) is 0 Å². The van der Waals surface area contributed by atoms with Crippen molar-refractivity contribution in [3.63, 3.8) is 0 Å². The lowest BCUT2D eigenvalue weighted by molar-refractivity contribution is -0.133. The molecule has 1 aliphatic rings. The average Bonchev–Trinajstić information content (AvgIpc) is 3.00. The first-order valence-electron chi connectivity index (χ1n) is 14.8. The summed E-state index contributed by atoms with van der Waals surface area (Å²) in [5, 5.41) is 3.96. The van der Waals surface area contributed by atoms with Crippen molar-refractivity contribution < 1.29 is 26.9 Å². The highest BCUT2D eigenvalue weighted by Crippen LogP contribution is 2.26. The minimum Gasteiger partial charge on any atom is -0.444 e. The molecule has 11 heteroatoms. The molecule has 10 nitrogen and oxygen atoms in total. The van der Waals surface area contributed by atoms with Gasteiger partial charge in [0, 0.05) is 61.5 Å². The molecule has 2 heterocycles. The third-order valence-corrected chi connectivity index (χ3v) is 8.82. The predicted octanol–water partition coefficient (Wildman–Crippen LogP) is 5.10. The Bertz CT molecular complexity index is 1770. The minimum absolute atomic E-state index is 0.0428. The van der Waals surface area contributed by atoms with Crippen molar-refractivity contribution in [3.05, 3.63) is 96.3 Å². The number of aryl methyl sites for hydroxylation is 1. The zero-order valence-corrected chi connectivity index (χ0v) is 26.7. The summed E-state index contributed by atoms with van der Waals surface area (Å²) in [7, 11) is -4.13. The molecule has 1 aliphatic heterocycles. The molecular weight excluding hydrogens is 592 g/mol. The van der Waals surface area contributed by atoms with E-state index in [1.54, 1.807) is 62.2 Å². The van der Waals surface area contributed by atoms with Crippen LogP contribution in [0.25, 0.3) is 10.8 Å². The van der Waals surface area contributed by atoms with Gasteiger partial charge >= 0.3 is 16.2 Å². The fourth-order valence-corrected chi connectivity index (χ4v) is 6.51. The first-order chi connectivity index (χ1) is 21.4. The van der Waals surface area contributed by atoms with Crippen LogP contribution in [0.2, 0.25) is 0 Å². The number of rotatable bonds is 8. The average molecular weight is 631 g/mol. The molecule has 0 bridgehead atoms. The van der Waals surface area contributed by atoms with Crippen LogP contribution in [0.5, 0.6) is 5.75 Å². The number of anilines is 1. The van der Waals surface area contributed by atoms with Gasteiger partial charge in [-0.3, -0.25) is 9.78 Å². The Kier molecular flexibility index (Phi) is 9.29. The fraction of sp³-hybridized carbons (Fsp3) is 0.324. The fourth-order valence-electron chi connectivity index (χ4n) is 5.36. The van der Waals surface area contributed by atoms with Crippen molar-refractivity contribution in [2.24, 2.45) is 0 Å². The van der Waals surface area contributed by atoms with E-state index in [4.69, 9.17) is 8.92 Å². The summed E-state index contributed by atoms with van der Waals surface area (Å²) < 4.78 is 37.2. The smallest absolute Gasteiger partial charge is 0.408 e. The van der Waals surface area contributed by atoms with Gasteiger partial charge in [-0.25, -0.2) is 4.79 Å². The number of alkyl carbamates (subject to hydrolysis) is 1. The number of benzene rings is 3. The Hall–Kier alpha value is -4.64. The lowest BCUT2D eigenvalue weighted by atomic mass is 10.0. The molecule has 45 heavy (non-hydrogen) atoms. The van der Waals surface area contributed by atoms with Crippen LogP contribution in [0.3, 0.4) is 0 Å². The number of aromatic nitrogens is 1. The van der Waals surface area contributed by atoms with Crippen molar-refractivity contribution >= 4 is 38.6 Å². The zero-order chi connectivity index (χ0) is 32.2. The molecule has 236 valence electrons. The molecule has 1 atom stereocenters. The molecule has 0 unspecified atom stereocenters. The predicted molar refractivity (Wildman–Crippen MR) is 173 cm³/mol. The second-order valence-corrected chi connectivity index (χ2v) is 13.6. The molecule has 1 N–H and O–H groups in total. The summed E-state index contributed by atoms with van der Waals surface area (Å²) in [6.45, 7) is 9.71. The molecule has 2 amide bonds. The van der Waals surface area contributed by atoms with Gasteiger partial charge in [0.15, 0.2) is 0 Å². The maximum absolute atomic E-state index is 13.8. The highest BCUT2D eigenvalue weighted by Gasteiger charge is 2.31. The summed E-state index contributed by atoms with van der Waals surface area (Å²) in [4.78, 5) is 34.6. The molecule has 5 rings (SSSR count). The van der Waals surface area contributed by atoms with E-state index in [1.807, 2.05) is 12.1 Å². The van der Waals surface area contributed by atoms with E-state index in [1.165, 1.54) is 30.0 Å². The number of para-hydroxylation sites is 1. The zero-order valence-electron chi connectivity index (χ0n) is 25.9. The lowest BCUT2D eigenvalue weighted by Crippen LogP contribution is -2.56. The van der Waals surface area contributed by atoms with Crippen LogP contribution in [0.4, 0.5) is 10.5 Å². The Morgan fingerprint density at radius 2 is 1.64 bits per heavy atom. The van der Waals surface area contributed by atoms with Gasteiger partial charge in [-0.15, -0.1) is 0 Å². The van der Waals surface area contributed by atoms with Gasteiger partial charge in [0.25, 0.3) is 0 Å². The quantitative estimate of drug-likeness (QED) is 0.268. The van der Waals surface area contributed by atoms with Crippen LogP contribution < -0.4 is 14.4 Å². The second-order valence-electron chi connectivity index (χ2n) is 12.0. The van der Waals surface area contributed by atoms with Gasteiger partial charge in [-0.2, -0.15) is 8.42 Å². The summed E-state index contributed by atoms with van der Waals surface area (Å²) in [6.07, 6.45) is 2.62. The molecule has 0 radical (unpaired) electrons. The van der Waals surface area contributed by atoms with E-state index >= 15 is 0 Å². The molecular formula is C34H38N4O6S. The summed E-state index contributed by atoms with van der Waals surface area (Å²) >= 11 is 0. The standard InChI is InChI=1S/C34H38N4O6S/c1-24-8-5-6-10-30(24)37-18-20-38(21-19-37)32(39)29(36-33(40)43-34(2,3)4)22-25-12-14-27(15-13-25)44-45(41,42)31-11-7-9-26-23-35-17-16-28(26)31/h5-17,23,29H,18-22H2,1-4H3,(H,36,40)/t29-/m0/s1. The number of carbonyl (C=O) groups excluding carboxylic acids is 2. The Balaban J connectivity index is 1.29. The van der Waals surface area contributed by atoms with E-state index in [2.05, 4.69) is 34.3 Å². The van der Waals surface area contributed by atoms with Crippen molar-refractivity contribution in [2.75, 3.05) is 31.1 Å². The van der Waals surface area contributed by atoms with Crippen molar-refractivity contribution in [2.45, 2.75) is 50.7 Å². The van der Waals surface area contributed by atoms with Crippen molar-refractivity contribution in [3.8, 4) is 5.75 Å². The first-order valence-corrected chi connectivity index (χ1v) is 16.3. The van der Waals surface area contributed by atoms with E-state index < -0.39 is 27.9 Å². The van der Waals surface area contributed by atoms with Crippen LogP contribution >= 0.6 is 0 Å². The summed E-state index contributed by atoms with van der Waals surface area (Å²) in [5.74, 6) is -0.0845. The minimum atomic E-state index is -4.13. The number of amides is 2. The van der Waals surface area contributed by atoms with E-state index in [-0.39, 0.29) is 23.0 Å².